The molecule has 1 aliphatic heterocycles. The molecule has 0 bridgehead atoms. The maximum absolute atomic E-state index is 13.6. The standard InChI is InChI=1S/C48H35N3O6/c1-54-33-12-16-43-39(24-33)40-25-34(55-2)13-17-44(40)49(43)31-21-29(28-8-7-9-30(20-28)51-47(52)37-10-5-6-11-38(37)48(51)53)22-32(23-31)50-45-18-14-35(56-3)26-41(45)42-27-36(57-4)15-19-46(42)50/h5-27H,1-4H3. The second-order valence-corrected chi connectivity index (χ2v) is 14.0. The third-order valence-electron chi connectivity index (χ3n) is 11.0. The molecule has 0 N–H and O–H groups in total. The second-order valence-electron chi connectivity index (χ2n) is 14.0. The van der Waals surface area contributed by atoms with Crippen LogP contribution in [0.3, 0.4) is 0 Å². The summed E-state index contributed by atoms with van der Waals surface area (Å²) in [6.45, 7) is 0. The van der Waals surface area contributed by atoms with Crippen molar-refractivity contribution < 1.29 is 28.5 Å². The van der Waals surface area contributed by atoms with Crippen molar-refractivity contribution in [1.29, 1.82) is 0 Å². The van der Waals surface area contributed by atoms with E-state index in [4.69, 9.17) is 18.9 Å². The Morgan fingerprint density at radius 1 is 0.368 bits per heavy atom. The summed E-state index contributed by atoms with van der Waals surface area (Å²) in [6.07, 6.45) is 0. The third-order valence-corrected chi connectivity index (χ3v) is 11.0. The lowest BCUT2D eigenvalue weighted by molar-refractivity contribution is 0.0926. The summed E-state index contributed by atoms with van der Waals surface area (Å²) >= 11 is 0. The number of carbonyl (C=O) groups is 2. The molecule has 57 heavy (non-hydrogen) atoms. The van der Waals surface area contributed by atoms with E-state index in [0.717, 1.165) is 89.1 Å². The third kappa shape index (κ3) is 5.23. The van der Waals surface area contributed by atoms with Gasteiger partial charge in [0.25, 0.3) is 11.8 Å². The van der Waals surface area contributed by atoms with Gasteiger partial charge < -0.3 is 28.1 Å². The molecule has 9 nitrogen and oxygen atoms in total. The van der Waals surface area contributed by atoms with Crippen molar-refractivity contribution in [3.8, 4) is 45.5 Å². The molecule has 2 amide bonds. The van der Waals surface area contributed by atoms with Crippen molar-refractivity contribution in [2.24, 2.45) is 0 Å². The Bertz CT molecular complexity index is 2830. The quantitative estimate of drug-likeness (QED) is 0.144. The van der Waals surface area contributed by atoms with Gasteiger partial charge in [0.1, 0.15) is 23.0 Å². The highest BCUT2D eigenvalue weighted by molar-refractivity contribution is 6.34. The highest BCUT2D eigenvalue weighted by Crippen LogP contribution is 2.41. The second kappa shape index (κ2) is 13.1. The van der Waals surface area contributed by atoms with Gasteiger partial charge in [0, 0.05) is 32.9 Å². The number of anilines is 1. The Kier molecular flexibility index (Phi) is 7.79. The largest absolute Gasteiger partial charge is 0.497 e. The normalized spacial score (nSPS) is 12.6. The number of carbonyl (C=O) groups excluding carboxylic acids is 2. The first-order valence-electron chi connectivity index (χ1n) is 18.5. The summed E-state index contributed by atoms with van der Waals surface area (Å²) in [7, 11) is 6.68. The van der Waals surface area contributed by atoms with Crippen LogP contribution in [0.15, 0.2) is 140 Å². The van der Waals surface area contributed by atoms with Crippen LogP contribution < -0.4 is 23.8 Å². The number of nitrogens with zero attached hydrogens (tertiary/aromatic N) is 3. The summed E-state index contributed by atoms with van der Waals surface area (Å²) in [5, 5.41) is 4.05. The number of methoxy groups -OCH3 is 4. The summed E-state index contributed by atoms with van der Waals surface area (Å²) in [6, 6.07) is 45.5. The van der Waals surface area contributed by atoms with Crippen LogP contribution in [0.4, 0.5) is 5.69 Å². The summed E-state index contributed by atoms with van der Waals surface area (Å²) < 4.78 is 27.2. The van der Waals surface area contributed by atoms with Gasteiger partial charge in [-0.1, -0.05) is 24.3 Å². The molecule has 7 aromatic carbocycles. The highest BCUT2D eigenvalue weighted by atomic mass is 16.5. The molecule has 3 heterocycles. The molecule has 2 aromatic heterocycles. The zero-order valence-corrected chi connectivity index (χ0v) is 31.6. The van der Waals surface area contributed by atoms with Gasteiger partial charge in [-0.05, 0) is 126 Å². The van der Waals surface area contributed by atoms with E-state index in [9.17, 15) is 9.59 Å². The molecular weight excluding hydrogens is 715 g/mol. The van der Waals surface area contributed by atoms with E-state index in [1.54, 1.807) is 58.8 Å². The molecule has 10 rings (SSSR count). The van der Waals surface area contributed by atoms with E-state index < -0.39 is 0 Å². The Balaban J connectivity index is 1.26. The maximum Gasteiger partial charge on any atom is 0.266 e. The minimum atomic E-state index is -0.338. The fourth-order valence-corrected chi connectivity index (χ4v) is 8.30. The smallest absolute Gasteiger partial charge is 0.266 e. The van der Waals surface area contributed by atoms with Crippen LogP contribution in [0.25, 0.3) is 66.1 Å². The van der Waals surface area contributed by atoms with Crippen LogP contribution in [0.5, 0.6) is 23.0 Å². The number of hydrogen-bond donors (Lipinski definition) is 0. The first-order valence-corrected chi connectivity index (χ1v) is 18.5. The molecule has 1 aliphatic rings. The van der Waals surface area contributed by atoms with Gasteiger partial charge in [0.15, 0.2) is 0 Å². The predicted molar refractivity (Wildman–Crippen MR) is 224 cm³/mol. The van der Waals surface area contributed by atoms with E-state index in [0.29, 0.717) is 16.8 Å². The SMILES string of the molecule is COc1ccc2c(c1)c1cc(OC)ccc1n2-c1cc(-c2cccc(N3C(=O)c4ccccc4C3=O)c2)cc(-n2c3ccc(OC)cc3c3cc(OC)ccc32)c1. The maximum atomic E-state index is 13.6. The van der Waals surface area contributed by atoms with Crippen LogP contribution in [0.1, 0.15) is 20.7 Å². The monoisotopic (exact) mass is 749 g/mol. The number of amides is 2. The molecule has 278 valence electrons. The highest BCUT2D eigenvalue weighted by Gasteiger charge is 2.36. The van der Waals surface area contributed by atoms with Gasteiger partial charge in [0.2, 0.25) is 0 Å². The molecule has 0 atom stereocenters. The lowest BCUT2D eigenvalue weighted by Crippen LogP contribution is -2.29. The molecule has 0 spiro atoms. The Morgan fingerprint density at radius 2 is 0.754 bits per heavy atom. The number of aromatic nitrogens is 2. The first-order chi connectivity index (χ1) is 27.9. The van der Waals surface area contributed by atoms with Crippen molar-refractivity contribution in [1.82, 2.24) is 9.13 Å². The number of fused-ring (bicyclic) bond motifs is 7. The van der Waals surface area contributed by atoms with Crippen molar-refractivity contribution in [3.05, 3.63) is 151 Å². The average Bonchev–Trinajstić information content (AvgIpc) is 3.86. The van der Waals surface area contributed by atoms with Crippen LogP contribution in [0.2, 0.25) is 0 Å². The fourth-order valence-electron chi connectivity index (χ4n) is 8.30. The molecule has 0 radical (unpaired) electrons. The van der Waals surface area contributed by atoms with Crippen molar-refractivity contribution >= 4 is 61.1 Å². The zero-order valence-electron chi connectivity index (χ0n) is 31.6. The molecule has 0 aliphatic carbocycles. The van der Waals surface area contributed by atoms with Crippen LogP contribution >= 0.6 is 0 Å². The van der Waals surface area contributed by atoms with Gasteiger partial charge >= 0.3 is 0 Å². The molecule has 0 saturated heterocycles. The fraction of sp³-hybridized carbons (Fsp3) is 0.0833. The number of imide groups is 1. The Hall–Kier alpha value is -7.52. The van der Waals surface area contributed by atoms with Gasteiger partial charge in [-0.25, -0.2) is 4.90 Å². The lowest BCUT2D eigenvalue weighted by Gasteiger charge is -2.18. The molecule has 0 saturated carbocycles. The summed E-state index contributed by atoms with van der Waals surface area (Å²) in [4.78, 5) is 28.5. The predicted octanol–water partition coefficient (Wildman–Crippen LogP) is 10.4. The molecule has 9 aromatic rings. The molecule has 0 fully saturated rings. The van der Waals surface area contributed by atoms with Gasteiger partial charge in [-0.2, -0.15) is 0 Å². The average molecular weight is 750 g/mol. The van der Waals surface area contributed by atoms with Gasteiger partial charge in [0.05, 0.1) is 67.3 Å². The van der Waals surface area contributed by atoms with E-state index in [-0.39, 0.29) is 11.8 Å². The molecular formula is C48H35N3O6. The summed E-state index contributed by atoms with van der Waals surface area (Å²) in [5.41, 5.74) is 8.76. The zero-order chi connectivity index (χ0) is 38.9. The van der Waals surface area contributed by atoms with Gasteiger partial charge in [-0.15, -0.1) is 0 Å². The number of benzene rings is 7. The molecule has 9 heteroatoms. The molecule has 0 unspecified atom stereocenters. The number of hydrogen-bond acceptors (Lipinski definition) is 6. The van der Waals surface area contributed by atoms with Crippen LogP contribution in [-0.2, 0) is 0 Å². The number of ether oxygens (including phenoxy) is 4. The minimum Gasteiger partial charge on any atom is -0.497 e. The van der Waals surface area contributed by atoms with Crippen LogP contribution in [-0.4, -0.2) is 49.4 Å². The first kappa shape index (κ1) is 34.0. The van der Waals surface area contributed by atoms with E-state index in [2.05, 4.69) is 75.9 Å². The number of rotatable bonds is 8. The Labute approximate surface area is 327 Å². The Morgan fingerprint density at radius 3 is 1.14 bits per heavy atom. The van der Waals surface area contributed by atoms with Gasteiger partial charge in [-0.3, -0.25) is 9.59 Å². The van der Waals surface area contributed by atoms with Crippen molar-refractivity contribution in [3.63, 3.8) is 0 Å². The topological polar surface area (TPSA) is 84.2 Å². The van der Waals surface area contributed by atoms with Crippen molar-refractivity contribution in [2.45, 2.75) is 0 Å². The summed E-state index contributed by atoms with van der Waals surface area (Å²) in [5.74, 6) is 2.32. The van der Waals surface area contributed by atoms with Crippen LogP contribution in [0, 0.1) is 0 Å². The van der Waals surface area contributed by atoms with Crippen molar-refractivity contribution in [2.75, 3.05) is 33.3 Å². The van der Waals surface area contributed by atoms with E-state index in [1.165, 1.54) is 4.90 Å². The lowest BCUT2D eigenvalue weighted by atomic mass is 10.0. The minimum absolute atomic E-state index is 0.338. The van der Waals surface area contributed by atoms with E-state index in [1.807, 2.05) is 42.5 Å². The van der Waals surface area contributed by atoms with E-state index >= 15 is 0 Å².